The van der Waals surface area contributed by atoms with Gasteiger partial charge in [0.25, 0.3) is 5.91 Å². The summed E-state index contributed by atoms with van der Waals surface area (Å²) in [5.41, 5.74) is 1.92. The molecule has 2 aromatic rings. The van der Waals surface area contributed by atoms with Crippen molar-refractivity contribution in [2.75, 3.05) is 18.0 Å². The van der Waals surface area contributed by atoms with Gasteiger partial charge in [-0.2, -0.15) is 0 Å². The Morgan fingerprint density at radius 3 is 2.47 bits per heavy atom. The molecule has 0 bridgehead atoms. The van der Waals surface area contributed by atoms with Crippen molar-refractivity contribution in [3.05, 3.63) is 52.9 Å². The number of rotatable bonds is 3. The Morgan fingerprint density at radius 1 is 1.06 bits per heavy atom. The Morgan fingerprint density at radius 2 is 1.78 bits per heavy atom. The van der Waals surface area contributed by atoms with E-state index >= 15 is 0 Å². The van der Waals surface area contributed by atoms with Crippen molar-refractivity contribution in [2.24, 2.45) is 0 Å². The molecule has 8 heteroatoms. The quantitative estimate of drug-likeness (QED) is 0.722. The predicted molar refractivity (Wildman–Crippen MR) is 113 cm³/mol. The number of anilines is 1. The highest BCUT2D eigenvalue weighted by Gasteiger charge is 2.58. The molecule has 0 unspecified atom stereocenters. The molecule has 3 saturated heterocycles. The number of amides is 1. The largest absolute Gasteiger partial charge is 0.342 e. The van der Waals surface area contributed by atoms with Gasteiger partial charge in [0.2, 0.25) is 5.95 Å². The number of aromatic nitrogens is 2. The zero-order valence-electron chi connectivity index (χ0n) is 18.1. The zero-order valence-corrected chi connectivity index (χ0v) is 18.1. The maximum absolute atomic E-state index is 13.8. The van der Waals surface area contributed by atoms with E-state index in [1.165, 1.54) is 25.0 Å². The number of fused-ring (bicyclic) bond motifs is 1. The second-order valence-corrected chi connectivity index (χ2v) is 9.57. The van der Waals surface area contributed by atoms with Gasteiger partial charge in [-0.15, -0.1) is 0 Å². The molecule has 6 rings (SSSR count). The highest BCUT2D eigenvalue weighted by Crippen LogP contribution is 2.48. The van der Waals surface area contributed by atoms with Gasteiger partial charge in [-0.25, -0.2) is 18.7 Å². The molecule has 0 N–H and O–H groups in total. The number of hydrogen-bond donors (Lipinski definition) is 0. The number of ether oxygens (including phenoxy) is 1. The Balaban J connectivity index is 1.19. The van der Waals surface area contributed by atoms with Gasteiger partial charge in [0, 0.05) is 44.1 Å². The summed E-state index contributed by atoms with van der Waals surface area (Å²) in [6, 6.07) is 3.15. The van der Waals surface area contributed by atoms with E-state index in [9.17, 15) is 13.6 Å². The lowest BCUT2D eigenvalue weighted by atomic mass is 9.89. The number of nitrogens with zero attached hydrogens (tertiary/aromatic N) is 4. The molecule has 1 amide bonds. The molecule has 32 heavy (non-hydrogen) atoms. The average molecular weight is 440 g/mol. The molecule has 168 valence electrons. The maximum atomic E-state index is 13.8. The van der Waals surface area contributed by atoms with Crippen LogP contribution < -0.4 is 4.90 Å². The molecule has 3 aliphatic heterocycles. The summed E-state index contributed by atoms with van der Waals surface area (Å²) in [5.74, 6) is -0.0148. The molecule has 6 nitrogen and oxygen atoms in total. The van der Waals surface area contributed by atoms with E-state index in [-0.39, 0.29) is 18.2 Å². The van der Waals surface area contributed by atoms with Crippen molar-refractivity contribution in [1.82, 2.24) is 14.9 Å². The molecule has 0 radical (unpaired) electrons. The third-order valence-corrected chi connectivity index (χ3v) is 7.40. The number of halogens is 2. The Labute approximate surface area is 185 Å². The Kier molecular flexibility index (Phi) is 4.51. The van der Waals surface area contributed by atoms with Crippen LogP contribution in [0.5, 0.6) is 0 Å². The summed E-state index contributed by atoms with van der Waals surface area (Å²) in [5, 5.41) is 0. The smallest absolute Gasteiger partial charge is 0.257 e. The third kappa shape index (κ3) is 3.18. The molecule has 1 saturated carbocycles. The van der Waals surface area contributed by atoms with Crippen LogP contribution in [0, 0.1) is 18.6 Å². The lowest BCUT2D eigenvalue weighted by Crippen LogP contribution is -2.50. The maximum Gasteiger partial charge on any atom is 0.257 e. The fraction of sp³-hybridized carbons (Fsp3) is 0.542. The van der Waals surface area contributed by atoms with Crippen molar-refractivity contribution in [3.8, 4) is 0 Å². The first-order valence-electron chi connectivity index (χ1n) is 11.5. The SMILES string of the molecule is Cc1cnc(N2CCC3(CC2)O[C@@H]2CC[C@@H](c4cc(F)cc(F)c4)N2C3=O)nc1C1CC1. The number of carbonyl (C=O) groups is 1. The molecule has 4 aliphatic rings. The van der Waals surface area contributed by atoms with Gasteiger partial charge in [-0.05, 0) is 55.9 Å². The number of aryl methyl sites for hydroxylation is 1. The standard InChI is InChI=1S/C24H26F2N4O2/c1-14-13-27-23(28-21(14)15-2-3-15)29-8-6-24(7-9-29)22(31)30-19(4-5-20(30)32-24)16-10-17(25)12-18(26)11-16/h10-13,15,19-20H,2-9H2,1H3/t19-,20+/m0/s1. The van der Waals surface area contributed by atoms with Crippen molar-refractivity contribution in [2.45, 2.75) is 69.2 Å². The van der Waals surface area contributed by atoms with Gasteiger partial charge in [0.1, 0.15) is 17.9 Å². The summed E-state index contributed by atoms with van der Waals surface area (Å²) in [7, 11) is 0. The topological polar surface area (TPSA) is 58.6 Å². The van der Waals surface area contributed by atoms with Crippen molar-refractivity contribution >= 4 is 11.9 Å². The van der Waals surface area contributed by atoms with Gasteiger partial charge in [-0.3, -0.25) is 4.79 Å². The van der Waals surface area contributed by atoms with E-state index in [4.69, 9.17) is 9.72 Å². The molecule has 4 fully saturated rings. The van der Waals surface area contributed by atoms with E-state index in [1.54, 1.807) is 4.90 Å². The first-order valence-corrected chi connectivity index (χ1v) is 11.5. The van der Waals surface area contributed by atoms with Gasteiger partial charge in [-0.1, -0.05) is 0 Å². The van der Waals surface area contributed by atoms with Gasteiger partial charge in [0.05, 0.1) is 11.7 Å². The molecule has 1 spiro atoms. The molecular weight excluding hydrogens is 414 g/mol. The summed E-state index contributed by atoms with van der Waals surface area (Å²) >= 11 is 0. The second-order valence-electron chi connectivity index (χ2n) is 9.57. The summed E-state index contributed by atoms with van der Waals surface area (Å²) in [4.78, 5) is 26.7. The number of benzene rings is 1. The van der Waals surface area contributed by atoms with E-state index < -0.39 is 17.2 Å². The zero-order chi connectivity index (χ0) is 22.0. The molecule has 1 aromatic heterocycles. The van der Waals surface area contributed by atoms with Crippen molar-refractivity contribution in [1.29, 1.82) is 0 Å². The Bertz CT molecular complexity index is 1060. The average Bonchev–Trinajstić information content (AvgIpc) is 3.48. The van der Waals surface area contributed by atoms with E-state index in [2.05, 4.69) is 16.8 Å². The van der Waals surface area contributed by atoms with Gasteiger partial charge in [0.15, 0.2) is 5.60 Å². The van der Waals surface area contributed by atoms with Gasteiger partial charge < -0.3 is 14.5 Å². The van der Waals surface area contributed by atoms with E-state index in [1.807, 2.05) is 6.20 Å². The first kappa shape index (κ1) is 20.0. The second kappa shape index (κ2) is 7.20. The lowest BCUT2D eigenvalue weighted by Gasteiger charge is -2.37. The summed E-state index contributed by atoms with van der Waals surface area (Å²) in [6.07, 6.45) is 6.37. The minimum Gasteiger partial charge on any atom is -0.342 e. The fourth-order valence-electron chi connectivity index (χ4n) is 5.58. The highest BCUT2D eigenvalue weighted by atomic mass is 19.1. The van der Waals surface area contributed by atoms with Crippen LogP contribution in [0.25, 0.3) is 0 Å². The normalized spacial score (nSPS) is 26.8. The third-order valence-electron chi connectivity index (χ3n) is 7.40. The number of hydrogen-bond acceptors (Lipinski definition) is 5. The minimum atomic E-state index is -0.865. The molecule has 1 aromatic carbocycles. The first-order chi connectivity index (χ1) is 15.4. The van der Waals surface area contributed by atoms with Crippen LogP contribution in [0.4, 0.5) is 14.7 Å². The minimum absolute atomic E-state index is 0.0576. The molecule has 2 atom stereocenters. The van der Waals surface area contributed by atoms with E-state index in [0.717, 1.165) is 23.3 Å². The van der Waals surface area contributed by atoms with Crippen LogP contribution in [0.2, 0.25) is 0 Å². The van der Waals surface area contributed by atoms with Crippen LogP contribution in [0.15, 0.2) is 24.4 Å². The number of piperidine rings is 1. The monoisotopic (exact) mass is 440 g/mol. The molecular formula is C24H26F2N4O2. The lowest BCUT2D eigenvalue weighted by molar-refractivity contribution is -0.140. The van der Waals surface area contributed by atoms with E-state index in [0.29, 0.717) is 50.3 Å². The van der Waals surface area contributed by atoms with Crippen LogP contribution >= 0.6 is 0 Å². The van der Waals surface area contributed by atoms with Crippen LogP contribution in [0.3, 0.4) is 0 Å². The Hall–Kier alpha value is -2.61. The van der Waals surface area contributed by atoms with Crippen molar-refractivity contribution < 1.29 is 18.3 Å². The van der Waals surface area contributed by atoms with Crippen molar-refractivity contribution in [3.63, 3.8) is 0 Å². The van der Waals surface area contributed by atoms with Gasteiger partial charge >= 0.3 is 0 Å². The van der Waals surface area contributed by atoms with Crippen LogP contribution in [-0.2, 0) is 9.53 Å². The van der Waals surface area contributed by atoms with Crippen LogP contribution in [-0.4, -0.2) is 45.7 Å². The molecule has 1 aliphatic carbocycles. The predicted octanol–water partition coefficient (Wildman–Crippen LogP) is 4.00. The highest BCUT2D eigenvalue weighted by molar-refractivity contribution is 5.88. The molecule has 4 heterocycles. The van der Waals surface area contributed by atoms with Crippen LogP contribution in [0.1, 0.15) is 67.3 Å². The fourth-order valence-corrected chi connectivity index (χ4v) is 5.58. The summed E-state index contributed by atoms with van der Waals surface area (Å²) < 4.78 is 33.9. The summed E-state index contributed by atoms with van der Waals surface area (Å²) in [6.45, 7) is 3.33. The number of carbonyl (C=O) groups excluding carboxylic acids is 1.